The van der Waals surface area contributed by atoms with Gasteiger partial charge in [0.25, 0.3) is 0 Å². The van der Waals surface area contributed by atoms with E-state index in [-0.39, 0.29) is 24.2 Å². The van der Waals surface area contributed by atoms with E-state index in [9.17, 15) is 9.18 Å². The van der Waals surface area contributed by atoms with E-state index in [1.807, 2.05) is 42.7 Å². The molecule has 3 heterocycles. The Balaban J connectivity index is 1.46. The third-order valence-electron chi connectivity index (χ3n) is 6.60. The van der Waals surface area contributed by atoms with Crippen molar-refractivity contribution in [2.75, 3.05) is 20.3 Å². The summed E-state index contributed by atoms with van der Waals surface area (Å²) < 4.78 is 31.9. The number of hydrogen-bond donors (Lipinski definition) is 1. The van der Waals surface area contributed by atoms with Crippen LogP contribution < -0.4 is 10.1 Å². The van der Waals surface area contributed by atoms with Crippen molar-refractivity contribution >= 4 is 16.9 Å². The van der Waals surface area contributed by atoms with Crippen LogP contribution in [0.2, 0.25) is 0 Å². The summed E-state index contributed by atoms with van der Waals surface area (Å²) in [5, 5.41) is 7.12. The molecule has 4 aromatic rings. The van der Waals surface area contributed by atoms with Crippen LogP contribution in [0.25, 0.3) is 22.2 Å². The van der Waals surface area contributed by atoms with Crippen LogP contribution in [-0.2, 0) is 28.9 Å². The van der Waals surface area contributed by atoms with Crippen molar-refractivity contribution in [3.05, 3.63) is 65.1 Å². The van der Waals surface area contributed by atoms with E-state index in [0.29, 0.717) is 26.1 Å². The van der Waals surface area contributed by atoms with E-state index in [2.05, 4.69) is 10.5 Å². The Morgan fingerprint density at radius 3 is 2.78 bits per heavy atom. The van der Waals surface area contributed by atoms with Crippen LogP contribution in [0, 0.1) is 19.7 Å². The molecule has 5 rings (SSSR count). The van der Waals surface area contributed by atoms with Crippen LogP contribution in [0.1, 0.15) is 29.3 Å². The van der Waals surface area contributed by atoms with Crippen LogP contribution in [0.15, 0.2) is 40.9 Å². The Morgan fingerprint density at radius 2 is 2.08 bits per heavy atom. The minimum absolute atomic E-state index is 0.0316. The van der Waals surface area contributed by atoms with Gasteiger partial charge in [0.1, 0.15) is 18.1 Å². The number of methoxy groups -OCH3 is 1. The lowest BCUT2D eigenvalue weighted by Crippen LogP contribution is -2.37. The number of aromatic nitrogens is 3. The molecule has 0 radical (unpaired) electrons. The number of ether oxygens (including phenoxy) is 2. The predicted molar refractivity (Wildman–Crippen MR) is 132 cm³/mol. The third-order valence-corrected chi connectivity index (χ3v) is 6.60. The average molecular weight is 493 g/mol. The highest BCUT2D eigenvalue weighted by Gasteiger charge is 2.21. The zero-order chi connectivity index (χ0) is 25.2. The Kier molecular flexibility index (Phi) is 6.73. The highest BCUT2D eigenvalue weighted by Crippen LogP contribution is 2.30. The van der Waals surface area contributed by atoms with Crippen molar-refractivity contribution < 1.29 is 23.2 Å². The van der Waals surface area contributed by atoms with Crippen LogP contribution in [0.5, 0.6) is 5.75 Å². The topological polar surface area (TPSA) is 91.4 Å². The fourth-order valence-corrected chi connectivity index (χ4v) is 4.78. The first-order chi connectivity index (χ1) is 17.4. The summed E-state index contributed by atoms with van der Waals surface area (Å²) in [5.74, 6) is 1.23. The minimum Gasteiger partial charge on any atom is -0.494 e. The summed E-state index contributed by atoms with van der Waals surface area (Å²) in [6.07, 6.45) is 1.92. The summed E-state index contributed by atoms with van der Waals surface area (Å²) in [4.78, 5) is 17.8. The van der Waals surface area contributed by atoms with Gasteiger partial charge in [-0.1, -0.05) is 17.3 Å². The Hall–Kier alpha value is -3.72. The third kappa shape index (κ3) is 4.83. The number of benzene rings is 2. The standard InChI is InChI=1S/C27H29FN4O4/c1-16-27(17(2)36-31-16)19-6-7-23-22(13-19)30-25(9-5-18-4-8-24(34-3)21(28)12-18)32(23)14-26(33)29-20-10-11-35-15-20/h4,6-8,12-13,20H,5,9-11,14-15H2,1-3H3,(H,29,33). The van der Waals surface area contributed by atoms with E-state index in [0.717, 1.165) is 51.4 Å². The fraction of sp³-hybridized carbons (Fsp3) is 0.370. The van der Waals surface area contributed by atoms with Gasteiger partial charge in [-0.3, -0.25) is 4.79 Å². The Bertz CT molecular complexity index is 1390. The van der Waals surface area contributed by atoms with E-state index in [1.165, 1.54) is 13.2 Å². The molecule has 2 aromatic heterocycles. The van der Waals surface area contributed by atoms with Gasteiger partial charge in [0, 0.05) is 18.6 Å². The highest BCUT2D eigenvalue weighted by atomic mass is 19.1. The number of imidazole rings is 1. The van der Waals surface area contributed by atoms with Gasteiger partial charge in [-0.2, -0.15) is 0 Å². The maximum atomic E-state index is 14.2. The second kappa shape index (κ2) is 10.1. The number of fused-ring (bicyclic) bond motifs is 1. The van der Waals surface area contributed by atoms with Crippen molar-refractivity contribution in [2.45, 2.75) is 45.7 Å². The molecule has 1 fully saturated rings. The molecule has 2 aromatic carbocycles. The van der Waals surface area contributed by atoms with E-state index in [1.54, 1.807) is 6.07 Å². The summed E-state index contributed by atoms with van der Waals surface area (Å²) in [6.45, 7) is 5.13. The number of carbonyl (C=O) groups excluding carboxylic acids is 1. The normalized spacial score (nSPS) is 15.5. The summed E-state index contributed by atoms with van der Waals surface area (Å²) in [6, 6.07) is 11.0. The number of aryl methyl sites for hydroxylation is 4. The summed E-state index contributed by atoms with van der Waals surface area (Å²) in [5.41, 5.74) is 5.18. The lowest BCUT2D eigenvalue weighted by atomic mass is 10.0. The molecule has 1 atom stereocenters. The number of carbonyl (C=O) groups is 1. The van der Waals surface area contributed by atoms with Crippen LogP contribution in [0.3, 0.4) is 0 Å². The largest absolute Gasteiger partial charge is 0.494 e. The average Bonchev–Trinajstić information content (AvgIpc) is 3.57. The highest BCUT2D eigenvalue weighted by molar-refractivity contribution is 5.85. The molecule has 1 N–H and O–H groups in total. The molecule has 188 valence electrons. The maximum Gasteiger partial charge on any atom is 0.240 e. The molecule has 1 saturated heterocycles. The molecule has 1 aliphatic rings. The summed E-state index contributed by atoms with van der Waals surface area (Å²) >= 11 is 0. The van der Waals surface area contributed by atoms with Crippen molar-refractivity contribution in [3.8, 4) is 16.9 Å². The molecule has 1 aliphatic heterocycles. The predicted octanol–water partition coefficient (Wildman–Crippen LogP) is 4.15. The fourth-order valence-electron chi connectivity index (χ4n) is 4.78. The van der Waals surface area contributed by atoms with Gasteiger partial charge >= 0.3 is 0 Å². The first kappa shape index (κ1) is 24.0. The second-order valence-electron chi connectivity index (χ2n) is 9.11. The lowest BCUT2D eigenvalue weighted by Gasteiger charge is -2.13. The van der Waals surface area contributed by atoms with Crippen LogP contribution >= 0.6 is 0 Å². The summed E-state index contributed by atoms with van der Waals surface area (Å²) in [7, 11) is 1.44. The molecule has 1 unspecified atom stereocenters. The SMILES string of the molecule is COc1ccc(CCc2nc3cc(-c4c(C)noc4C)ccc3n2CC(=O)NC2CCOC2)cc1F. The van der Waals surface area contributed by atoms with Crippen molar-refractivity contribution in [1.82, 2.24) is 20.0 Å². The molecule has 1 amide bonds. The number of amides is 1. The molecule has 0 aliphatic carbocycles. The van der Waals surface area contributed by atoms with Gasteiger partial charge in [0.05, 0.1) is 36.5 Å². The van der Waals surface area contributed by atoms with E-state index < -0.39 is 5.82 Å². The monoisotopic (exact) mass is 492 g/mol. The quantitative estimate of drug-likeness (QED) is 0.397. The molecule has 36 heavy (non-hydrogen) atoms. The van der Waals surface area contributed by atoms with Crippen molar-refractivity contribution in [2.24, 2.45) is 0 Å². The zero-order valence-electron chi connectivity index (χ0n) is 20.6. The zero-order valence-corrected chi connectivity index (χ0v) is 20.6. The van der Waals surface area contributed by atoms with Gasteiger partial charge in [-0.05, 0) is 62.1 Å². The Morgan fingerprint density at radius 1 is 1.22 bits per heavy atom. The molecule has 8 nitrogen and oxygen atoms in total. The van der Waals surface area contributed by atoms with Crippen molar-refractivity contribution in [1.29, 1.82) is 0 Å². The lowest BCUT2D eigenvalue weighted by molar-refractivity contribution is -0.122. The number of hydrogen-bond acceptors (Lipinski definition) is 6. The first-order valence-corrected chi connectivity index (χ1v) is 12.0. The van der Waals surface area contributed by atoms with Crippen molar-refractivity contribution in [3.63, 3.8) is 0 Å². The first-order valence-electron chi connectivity index (χ1n) is 12.0. The number of halogens is 1. The van der Waals surface area contributed by atoms with E-state index >= 15 is 0 Å². The van der Waals surface area contributed by atoms with Crippen LogP contribution in [0.4, 0.5) is 4.39 Å². The smallest absolute Gasteiger partial charge is 0.240 e. The van der Waals surface area contributed by atoms with E-state index in [4.69, 9.17) is 19.0 Å². The molecular weight excluding hydrogens is 463 g/mol. The number of rotatable bonds is 8. The Labute approximate surface area is 208 Å². The molecule has 0 bridgehead atoms. The van der Waals surface area contributed by atoms with Gasteiger partial charge in [0.2, 0.25) is 5.91 Å². The minimum atomic E-state index is -0.397. The molecule has 9 heteroatoms. The van der Waals surface area contributed by atoms with Crippen LogP contribution in [-0.4, -0.2) is 47.0 Å². The number of nitrogens with zero attached hydrogens (tertiary/aromatic N) is 3. The van der Waals surface area contributed by atoms with Gasteiger partial charge < -0.3 is 23.9 Å². The van der Waals surface area contributed by atoms with Gasteiger partial charge in [-0.15, -0.1) is 0 Å². The van der Waals surface area contributed by atoms with Gasteiger partial charge in [0.15, 0.2) is 11.6 Å². The molecule has 0 saturated carbocycles. The molecular formula is C27H29FN4O4. The second-order valence-corrected chi connectivity index (χ2v) is 9.11. The maximum absolute atomic E-state index is 14.2. The molecule has 0 spiro atoms. The van der Waals surface area contributed by atoms with Gasteiger partial charge in [-0.25, -0.2) is 9.37 Å². The number of nitrogens with one attached hydrogen (secondary N) is 1.